The molecule has 1 saturated heterocycles. The zero-order valence-corrected chi connectivity index (χ0v) is 4.80. The van der Waals surface area contributed by atoms with Crippen LogP contribution in [-0.2, 0) is 0 Å². The van der Waals surface area contributed by atoms with Crippen LogP contribution in [0.5, 0.6) is 0 Å². The zero-order chi connectivity index (χ0) is 5.98. The van der Waals surface area contributed by atoms with E-state index in [2.05, 4.69) is 5.32 Å². The highest BCUT2D eigenvalue weighted by molar-refractivity contribution is 4.82. The third kappa shape index (κ3) is 0.992. The van der Waals surface area contributed by atoms with Crippen molar-refractivity contribution >= 4 is 0 Å². The van der Waals surface area contributed by atoms with Gasteiger partial charge in [0.05, 0.1) is 0 Å². The molecule has 0 saturated carbocycles. The van der Waals surface area contributed by atoms with Gasteiger partial charge in [-0.2, -0.15) is 0 Å². The lowest BCUT2D eigenvalue weighted by Crippen LogP contribution is -2.30. The normalized spacial score (nSPS) is 38.2. The van der Waals surface area contributed by atoms with Gasteiger partial charge >= 0.3 is 0 Å². The van der Waals surface area contributed by atoms with Crippen LogP contribution in [0.25, 0.3) is 0 Å². The molecular weight excluding hydrogens is 104 g/mol. The molecule has 2 atom stereocenters. The Morgan fingerprint density at radius 2 is 2.38 bits per heavy atom. The number of nitrogens with two attached hydrogens (primary N) is 1. The molecule has 0 aromatic heterocycles. The molecule has 48 valence electrons. The summed E-state index contributed by atoms with van der Waals surface area (Å²) in [5.41, 5.74) is 5.57. The summed E-state index contributed by atoms with van der Waals surface area (Å²) < 4.78 is 0. The van der Waals surface area contributed by atoms with Crippen molar-refractivity contribution in [3.8, 4) is 0 Å². The van der Waals surface area contributed by atoms with Gasteiger partial charge in [0.2, 0.25) is 0 Å². The van der Waals surface area contributed by atoms with Crippen molar-refractivity contribution in [3.63, 3.8) is 0 Å². The fraction of sp³-hybridized carbons (Fsp3) is 1.00. The molecule has 1 fully saturated rings. The van der Waals surface area contributed by atoms with E-state index in [1.54, 1.807) is 0 Å². The predicted octanol–water partition coefficient (Wildman–Crippen LogP) is -1.47. The van der Waals surface area contributed by atoms with E-state index in [1.165, 1.54) is 0 Å². The van der Waals surface area contributed by atoms with E-state index in [4.69, 9.17) is 10.8 Å². The van der Waals surface area contributed by atoms with E-state index in [0.29, 0.717) is 0 Å². The van der Waals surface area contributed by atoms with Crippen molar-refractivity contribution in [2.24, 2.45) is 11.7 Å². The van der Waals surface area contributed by atoms with E-state index >= 15 is 0 Å². The molecule has 4 N–H and O–H groups in total. The number of hydrogen-bond donors (Lipinski definition) is 3. The molecule has 8 heavy (non-hydrogen) atoms. The minimum Gasteiger partial charge on any atom is -0.396 e. The maximum absolute atomic E-state index is 8.62. The van der Waals surface area contributed by atoms with Crippen LogP contribution in [0.4, 0.5) is 0 Å². The van der Waals surface area contributed by atoms with Gasteiger partial charge in [-0.3, -0.25) is 0 Å². The molecule has 1 rings (SSSR count). The van der Waals surface area contributed by atoms with Gasteiger partial charge in [-0.25, -0.2) is 0 Å². The second-order valence-electron chi connectivity index (χ2n) is 2.26. The summed E-state index contributed by atoms with van der Waals surface area (Å²) in [6.45, 7) is 1.94. The highest BCUT2D eigenvalue weighted by Crippen LogP contribution is 2.03. The van der Waals surface area contributed by atoms with Gasteiger partial charge < -0.3 is 16.2 Å². The second kappa shape index (κ2) is 2.44. The first-order valence-electron chi connectivity index (χ1n) is 2.91. The Morgan fingerprint density at radius 3 is 2.62 bits per heavy atom. The summed E-state index contributed by atoms with van der Waals surface area (Å²) in [6, 6.07) is 0.167. The van der Waals surface area contributed by atoms with Crippen LogP contribution >= 0.6 is 0 Å². The maximum atomic E-state index is 8.62. The first-order chi connectivity index (χ1) is 3.84. The van der Waals surface area contributed by atoms with Crippen molar-refractivity contribution in [3.05, 3.63) is 0 Å². The van der Waals surface area contributed by atoms with Crippen molar-refractivity contribution in [2.75, 3.05) is 19.7 Å². The molecule has 1 aliphatic heterocycles. The summed E-state index contributed by atoms with van der Waals surface area (Å²) in [6.07, 6.45) is 0. The smallest absolute Gasteiger partial charge is 0.0486 e. The average Bonchev–Trinajstić information content (AvgIpc) is 2.14. The Morgan fingerprint density at radius 1 is 1.62 bits per heavy atom. The maximum Gasteiger partial charge on any atom is 0.0486 e. The summed E-state index contributed by atoms with van der Waals surface area (Å²) in [5.74, 6) is 0.287. The molecule has 0 bridgehead atoms. The molecule has 0 radical (unpaired) electrons. The molecular formula is C5H12N2O. The molecule has 0 aliphatic carbocycles. The number of rotatable bonds is 1. The van der Waals surface area contributed by atoms with Crippen molar-refractivity contribution in [2.45, 2.75) is 6.04 Å². The Labute approximate surface area is 48.9 Å². The van der Waals surface area contributed by atoms with Crippen LogP contribution in [-0.4, -0.2) is 30.8 Å². The SMILES string of the molecule is N[C@H]1CNC[C@H]1CO. The zero-order valence-electron chi connectivity index (χ0n) is 4.80. The number of hydrogen-bond acceptors (Lipinski definition) is 3. The highest BCUT2D eigenvalue weighted by Gasteiger charge is 2.21. The number of aliphatic hydroxyl groups excluding tert-OH is 1. The quantitative estimate of drug-likeness (QED) is 0.392. The van der Waals surface area contributed by atoms with E-state index in [-0.39, 0.29) is 18.6 Å². The predicted molar refractivity (Wildman–Crippen MR) is 31.4 cm³/mol. The second-order valence-corrected chi connectivity index (χ2v) is 2.26. The van der Waals surface area contributed by atoms with Gasteiger partial charge in [-0.15, -0.1) is 0 Å². The molecule has 1 heterocycles. The van der Waals surface area contributed by atoms with E-state index < -0.39 is 0 Å². The lowest BCUT2D eigenvalue weighted by Gasteiger charge is -2.08. The summed E-state index contributed by atoms with van der Waals surface area (Å²) in [7, 11) is 0. The Hall–Kier alpha value is -0.120. The molecule has 0 amide bonds. The molecule has 0 aromatic rings. The van der Waals surface area contributed by atoms with Crippen LogP contribution in [0.1, 0.15) is 0 Å². The summed E-state index contributed by atoms with van der Waals surface area (Å²) in [5, 5.41) is 11.7. The lowest BCUT2D eigenvalue weighted by atomic mass is 10.1. The lowest BCUT2D eigenvalue weighted by molar-refractivity contribution is 0.227. The largest absolute Gasteiger partial charge is 0.396 e. The Bertz CT molecular complexity index is 76.8. The molecule has 1 aliphatic rings. The minimum absolute atomic E-state index is 0.167. The van der Waals surface area contributed by atoms with Crippen LogP contribution < -0.4 is 11.1 Å². The van der Waals surface area contributed by atoms with E-state index in [1.807, 2.05) is 0 Å². The van der Waals surface area contributed by atoms with Gasteiger partial charge in [0.25, 0.3) is 0 Å². The summed E-state index contributed by atoms with van der Waals surface area (Å²) >= 11 is 0. The molecule has 0 spiro atoms. The van der Waals surface area contributed by atoms with Gasteiger partial charge in [-0.1, -0.05) is 0 Å². The average molecular weight is 116 g/mol. The Balaban J connectivity index is 2.30. The van der Waals surface area contributed by atoms with Gasteiger partial charge in [0.1, 0.15) is 0 Å². The van der Waals surface area contributed by atoms with Crippen LogP contribution in [0, 0.1) is 5.92 Å². The van der Waals surface area contributed by atoms with Gasteiger partial charge in [0.15, 0.2) is 0 Å². The molecule has 0 unspecified atom stereocenters. The van der Waals surface area contributed by atoms with Crippen LogP contribution in [0.3, 0.4) is 0 Å². The first kappa shape index (κ1) is 6.01. The molecule has 0 aromatic carbocycles. The molecule has 3 nitrogen and oxygen atoms in total. The number of nitrogens with one attached hydrogen (secondary N) is 1. The highest BCUT2D eigenvalue weighted by atomic mass is 16.3. The van der Waals surface area contributed by atoms with Crippen LogP contribution in [0.15, 0.2) is 0 Å². The fourth-order valence-electron chi connectivity index (χ4n) is 0.953. The number of aliphatic hydroxyl groups is 1. The van der Waals surface area contributed by atoms with Crippen molar-refractivity contribution in [1.29, 1.82) is 0 Å². The van der Waals surface area contributed by atoms with E-state index in [9.17, 15) is 0 Å². The summed E-state index contributed by atoms with van der Waals surface area (Å²) in [4.78, 5) is 0. The van der Waals surface area contributed by atoms with Crippen molar-refractivity contribution < 1.29 is 5.11 Å². The molecule has 3 heteroatoms. The third-order valence-corrected chi connectivity index (χ3v) is 1.63. The topological polar surface area (TPSA) is 58.3 Å². The minimum atomic E-state index is 0.167. The Kier molecular flexibility index (Phi) is 1.83. The monoisotopic (exact) mass is 116 g/mol. The van der Waals surface area contributed by atoms with Gasteiger partial charge in [0, 0.05) is 31.7 Å². The van der Waals surface area contributed by atoms with Gasteiger partial charge in [-0.05, 0) is 0 Å². The van der Waals surface area contributed by atoms with E-state index in [0.717, 1.165) is 13.1 Å². The first-order valence-corrected chi connectivity index (χ1v) is 2.91. The standard InChI is InChI=1S/C5H12N2O/c6-5-2-7-1-4(5)3-8/h4-5,7-8H,1-3,6H2/t4-,5-/m0/s1. The van der Waals surface area contributed by atoms with Crippen molar-refractivity contribution in [1.82, 2.24) is 5.32 Å². The van der Waals surface area contributed by atoms with Crippen LogP contribution in [0.2, 0.25) is 0 Å². The third-order valence-electron chi connectivity index (χ3n) is 1.63. The fourth-order valence-corrected chi connectivity index (χ4v) is 0.953.